The van der Waals surface area contributed by atoms with Gasteiger partial charge in [-0.1, -0.05) is 30.3 Å². The van der Waals surface area contributed by atoms with Gasteiger partial charge in [0.25, 0.3) is 0 Å². The molecule has 0 heterocycles. The molecule has 0 spiro atoms. The molecular formula is C25H34NO5P. The average molecular weight is 460 g/mol. The zero-order valence-corrected chi connectivity index (χ0v) is 19.6. The third-order valence-corrected chi connectivity index (χ3v) is 7.66. The molecule has 7 heteroatoms. The highest BCUT2D eigenvalue weighted by Gasteiger charge is 2.38. The molecule has 2 aromatic carbocycles. The van der Waals surface area contributed by atoms with Crippen LogP contribution < -0.4 is 10.5 Å². The fraction of sp³-hybridized carbons (Fsp3) is 0.520. The van der Waals surface area contributed by atoms with Crippen molar-refractivity contribution in [2.75, 3.05) is 13.7 Å². The Kier molecular flexibility index (Phi) is 7.09. The summed E-state index contributed by atoms with van der Waals surface area (Å²) in [7, 11) is -2.79. The van der Waals surface area contributed by atoms with Crippen molar-refractivity contribution in [3.05, 3.63) is 64.7 Å². The maximum Gasteiger partial charge on any atom is 0.469 e. The molecule has 0 aliphatic heterocycles. The third kappa shape index (κ3) is 6.00. The Morgan fingerprint density at radius 1 is 1.12 bits per heavy atom. The van der Waals surface area contributed by atoms with Gasteiger partial charge in [-0.2, -0.15) is 0 Å². The molecule has 0 amide bonds. The number of phosphoric ester groups is 1. The lowest BCUT2D eigenvalue weighted by atomic mass is 9.79. The predicted molar refractivity (Wildman–Crippen MR) is 125 cm³/mol. The molecule has 1 unspecified atom stereocenters. The van der Waals surface area contributed by atoms with Crippen LogP contribution in [0.1, 0.15) is 60.3 Å². The molecule has 0 aromatic heterocycles. The van der Waals surface area contributed by atoms with Gasteiger partial charge in [-0.3, -0.25) is 4.52 Å². The molecule has 3 atom stereocenters. The SMILES string of the molecule is COc1ccc(CCC2CCc3cc([C@H]4CC[C@](N)(COP(=O)(O)O)C4)ccc3C2)cc1. The number of rotatable bonds is 8. The van der Waals surface area contributed by atoms with Crippen LogP contribution in [0.15, 0.2) is 42.5 Å². The van der Waals surface area contributed by atoms with Crippen LogP contribution in [0.4, 0.5) is 0 Å². The highest BCUT2D eigenvalue weighted by atomic mass is 31.2. The summed E-state index contributed by atoms with van der Waals surface area (Å²) >= 11 is 0. The first-order chi connectivity index (χ1) is 15.2. The van der Waals surface area contributed by atoms with E-state index < -0.39 is 13.4 Å². The smallest absolute Gasteiger partial charge is 0.469 e. The van der Waals surface area contributed by atoms with Gasteiger partial charge in [-0.25, -0.2) is 4.57 Å². The largest absolute Gasteiger partial charge is 0.497 e. The molecule has 2 aromatic rings. The van der Waals surface area contributed by atoms with E-state index in [-0.39, 0.29) is 6.61 Å². The predicted octanol–water partition coefficient (Wildman–Crippen LogP) is 4.51. The highest BCUT2D eigenvalue weighted by Crippen LogP contribution is 2.44. The van der Waals surface area contributed by atoms with E-state index in [0.717, 1.165) is 31.4 Å². The van der Waals surface area contributed by atoms with Crippen LogP contribution in [0.5, 0.6) is 5.75 Å². The quantitative estimate of drug-likeness (QED) is 0.502. The Balaban J connectivity index is 1.32. The molecule has 0 saturated heterocycles. The van der Waals surface area contributed by atoms with Crippen LogP contribution in [-0.2, 0) is 28.4 Å². The summed E-state index contributed by atoms with van der Waals surface area (Å²) in [4.78, 5) is 18.0. The van der Waals surface area contributed by atoms with Crippen molar-refractivity contribution in [3.8, 4) is 5.75 Å². The van der Waals surface area contributed by atoms with Crippen molar-refractivity contribution in [2.24, 2.45) is 11.7 Å². The lowest BCUT2D eigenvalue weighted by Gasteiger charge is -2.27. The normalized spacial score (nSPS) is 25.5. The van der Waals surface area contributed by atoms with Crippen LogP contribution in [0.3, 0.4) is 0 Å². The highest BCUT2D eigenvalue weighted by molar-refractivity contribution is 7.46. The standard InChI is InChI=1S/C25H34NO5P/c1-30-24-10-5-18(6-11-24)2-3-19-4-7-21-15-22(9-8-20(21)14-19)23-12-13-25(26,16-23)17-31-32(27,28)29/h5-6,8-11,15,19,23H,2-4,7,12-14,16-17,26H2,1H3,(H2,27,28,29)/t19?,23-,25+/m0/s1. The fourth-order valence-corrected chi connectivity index (χ4v) is 5.72. The minimum absolute atomic E-state index is 0.103. The zero-order chi connectivity index (χ0) is 22.8. The molecule has 0 radical (unpaired) electrons. The number of benzene rings is 2. The summed E-state index contributed by atoms with van der Waals surface area (Å²) in [6.07, 6.45) is 8.08. The lowest BCUT2D eigenvalue weighted by Crippen LogP contribution is -2.41. The molecule has 6 nitrogen and oxygen atoms in total. The van der Waals surface area contributed by atoms with Crippen molar-refractivity contribution in [2.45, 2.75) is 62.8 Å². The fourth-order valence-electron chi connectivity index (χ4n) is 5.30. The number of phosphoric acid groups is 1. The average Bonchev–Trinajstić information content (AvgIpc) is 3.18. The van der Waals surface area contributed by atoms with Gasteiger partial charge in [0.05, 0.1) is 13.7 Å². The van der Waals surface area contributed by atoms with Crippen molar-refractivity contribution in [1.82, 2.24) is 0 Å². The molecule has 2 aliphatic rings. The summed E-state index contributed by atoms with van der Waals surface area (Å²) in [6, 6.07) is 15.2. The second-order valence-corrected chi connectivity index (χ2v) is 10.8. The van der Waals surface area contributed by atoms with Gasteiger partial charge < -0.3 is 20.3 Å². The van der Waals surface area contributed by atoms with Crippen LogP contribution in [0, 0.1) is 5.92 Å². The van der Waals surface area contributed by atoms with E-state index in [1.165, 1.54) is 35.1 Å². The van der Waals surface area contributed by atoms with Gasteiger partial charge in [0, 0.05) is 5.54 Å². The van der Waals surface area contributed by atoms with Crippen LogP contribution in [0.25, 0.3) is 0 Å². The van der Waals surface area contributed by atoms with Gasteiger partial charge in [0.2, 0.25) is 0 Å². The van der Waals surface area contributed by atoms with E-state index in [4.69, 9.17) is 24.8 Å². The van der Waals surface area contributed by atoms with Crippen molar-refractivity contribution in [3.63, 3.8) is 0 Å². The molecule has 0 bridgehead atoms. The van der Waals surface area contributed by atoms with Gasteiger partial charge in [-0.15, -0.1) is 0 Å². The van der Waals surface area contributed by atoms with Crippen molar-refractivity contribution in [1.29, 1.82) is 0 Å². The monoisotopic (exact) mass is 459 g/mol. The Labute approximate surface area is 190 Å². The van der Waals surface area contributed by atoms with Crippen LogP contribution >= 0.6 is 7.82 Å². The second kappa shape index (κ2) is 9.66. The maximum absolute atomic E-state index is 11.0. The Morgan fingerprint density at radius 3 is 2.62 bits per heavy atom. The third-order valence-electron chi connectivity index (χ3n) is 7.20. The molecule has 2 aliphatic carbocycles. The van der Waals surface area contributed by atoms with E-state index in [9.17, 15) is 4.57 Å². The zero-order valence-electron chi connectivity index (χ0n) is 18.7. The summed E-state index contributed by atoms with van der Waals surface area (Å²) < 4.78 is 21.0. The topological polar surface area (TPSA) is 102 Å². The first-order valence-corrected chi connectivity index (χ1v) is 13.0. The number of fused-ring (bicyclic) bond motifs is 1. The van der Waals surface area contributed by atoms with E-state index in [2.05, 4.69) is 30.3 Å². The first-order valence-electron chi connectivity index (χ1n) is 11.5. The Bertz CT molecular complexity index is 973. The molecule has 4 rings (SSSR count). The van der Waals surface area contributed by atoms with E-state index in [0.29, 0.717) is 24.7 Å². The first kappa shape index (κ1) is 23.5. The Morgan fingerprint density at radius 2 is 1.91 bits per heavy atom. The van der Waals surface area contributed by atoms with Crippen molar-refractivity contribution < 1.29 is 23.6 Å². The number of ether oxygens (including phenoxy) is 1. The maximum atomic E-state index is 11.0. The van der Waals surface area contributed by atoms with Crippen molar-refractivity contribution >= 4 is 7.82 Å². The summed E-state index contributed by atoms with van der Waals surface area (Å²) in [5.74, 6) is 1.93. The number of hydrogen-bond acceptors (Lipinski definition) is 4. The Hall–Kier alpha value is -1.69. The lowest BCUT2D eigenvalue weighted by molar-refractivity contribution is 0.153. The second-order valence-electron chi connectivity index (χ2n) is 9.59. The minimum Gasteiger partial charge on any atom is -0.497 e. The molecule has 1 saturated carbocycles. The summed E-state index contributed by atoms with van der Waals surface area (Å²) in [5.41, 5.74) is 11.3. The number of nitrogens with two attached hydrogens (primary N) is 1. The summed E-state index contributed by atoms with van der Waals surface area (Å²) in [6.45, 7) is -0.103. The molecule has 4 N–H and O–H groups in total. The van der Waals surface area contributed by atoms with E-state index in [1.54, 1.807) is 7.11 Å². The molecular weight excluding hydrogens is 425 g/mol. The molecule has 174 valence electrons. The van der Waals surface area contributed by atoms with Gasteiger partial charge in [-0.05, 0) is 97.6 Å². The van der Waals surface area contributed by atoms with E-state index >= 15 is 0 Å². The number of methoxy groups -OCH3 is 1. The van der Waals surface area contributed by atoms with Crippen LogP contribution in [-0.4, -0.2) is 29.0 Å². The van der Waals surface area contributed by atoms with Gasteiger partial charge in [0.15, 0.2) is 0 Å². The van der Waals surface area contributed by atoms with Gasteiger partial charge in [0.1, 0.15) is 5.75 Å². The molecule has 1 fully saturated rings. The van der Waals surface area contributed by atoms with Crippen LogP contribution in [0.2, 0.25) is 0 Å². The van der Waals surface area contributed by atoms with Gasteiger partial charge >= 0.3 is 7.82 Å². The molecule has 32 heavy (non-hydrogen) atoms. The minimum atomic E-state index is -4.49. The number of aryl methyl sites for hydroxylation is 2. The number of hydrogen-bond donors (Lipinski definition) is 3. The summed E-state index contributed by atoms with van der Waals surface area (Å²) in [5, 5.41) is 0. The van der Waals surface area contributed by atoms with E-state index in [1.807, 2.05) is 12.1 Å².